The van der Waals surface area contributed by atoms with E-state index in [2.05, 4.69) is 21.7 Å². The average Bonchev–Trinajstić information content (AvgIpc) is 3.25. The SMILES string of the molecule is COc1cccc2[nH]c(C(=O)N3CC(C4CC4)CC3C(=O)NC(C#N)CC3CCNC3=O)cc12. The minimum atomic E-state index is -0.768. The Hall–Kier alpha value is -3.54. The van der Waals surface area contributed by atoms with Gasteiger partial charge in [0, 0.05) is 29.9 Å². The molecule has 3 N–H and O–H groups in total. The van der Waals surface area contributed by atoms with Crippen LogP contribution in [0.2, 0.25) is 0 Å². The number of aromatic nitrogens is 1. The van der Waals surface area contributed by atoms with Gasteiger partial charge in [-0.25, -0.2) is 0 Å². The number of rotatable bonds is 7. The van der Waals surface area contributed by atoms with Crippen LogP contribution in [0.5, 0.6) is 5.75 Å². The third kappa shape index (κ3) is 4.20. The zero-order valence-corrected chi connectivity index (χ0v) is 19.2. The molecule has 1 aromatic heterocycles. The van der Waals surface area contributed by atoms with E-state index in [0.717, 1.165) is 23.7 Å². The summed E-state index contributed by atoms with van der Waals surface area (Å²) in [6.45, 7) is 1.12. The molecule has 0 radical (unpaired) electrons. The van der Waals surface area contributed by atoms with Crippen molar-refractivity contribution in [2.24, 2.45) is 17.8 Å². The Balaban J connectivity index is 1.35. The van der Waals surface area contributed by atoms with Gasteiger partial charge in [-0.05, 0) is 62.1 Å². The second kappa shape index (κ2) is 9.01. The van der Waals surface area contributed by atoms with Gasteiger partial charge in [0.15, 0.2) is 0 Å². The first-order valence-corrected chi connectivity index (χ1v) is 11.9. The lowest BCUT2D eigenvalue weighted by Crippen LogP contribution is -2.49. The summed E-state index contributed by atoms with van der Waals surface area (Å²) < 4.78 is 5.41. The molecule has 34 heavy (non-hydrogen) atoms. The molecule has 9 heteroatoms. The summed E-state index contributed by atoms with van der Waals surface area (Å²) in [6.07, 6.45) is 3.79. The van der Waals surface area contributed by atoms with Crippen molar-refractivity contribution in [3.05, 3.63) is 30.0 Å². The Morgan fingerprint density at radius 2 is 2.12 bits per heavy atom. The molecule has 3 fully saturated rings. The van der Waals surface area contributed by atoms with Crippen molar-refractivity contribution < 1.29 is 19.1 Å². The number of ether oxygens (including phenoxy) is 1. The number of hydrogen-bond acceptors (Lipinski definition) is 5. The van der Waals surface area contributed by atoms with Crippen LogP contribution in [0.25, 0.3) is 10.9 Å². The van der Waals surface area contributed by atoms with Crippen molar-refractivity contribution in [2.75, 3.05) is 20.2 Å². The fraction of sp³-hybridized carbons (Fsp3) is 0.520. The van der Waals surface area contributed by atoms with E-state index in [4.69, 9.17) is 4.74 Å². The number of likely N-dealkylation sites (tertiary alicyclic amines) is 1. The van der Waals surface area contributed by atoms with E-state index in [1.165, 1.54) is 0 Å². The summed E-state index contributed by atoms with van der Waals surface area (Å²) in [7, 11) is 1.59. The van der Waals surface area contributed by atoms with Crippen LogP contribution in [0.4, 0.5) is 0 Å². The van der Waals surface area contributed by atoms with Crippen molar-refractivity contribution >= 4 is 28.6 Å². The van der Waals surface area contributed by atoms with E-state index >= 15 is 0 Å². The molecule has 3 amide bonds. The Labute approximate surface area is 197 Å². The summed E-state index contributed by atoms with van der Waals surface area (Å²) in [5.41, 5.74) is 1.20. The van der Waals surface area contributed by atoms with Gasteiger partial charge in [0.25, 0.3) is 5.91 Å². The lowest BCUT2D eigenvalue weighted by Gasteiger charge is -2.25. The van der Waals surface area contributed by atoms with Crippen LogP contribution >= 0.6 is 0 Å². The number of H-pyrrole nitrogens is 1. The lowest BCUT2D eigenvalue weighted by molar-refractivity contribution is -0.126. The van der Waals surface area contributed by atoms with Crippen molar-refractivity contribution in [1.29, 1.82) is 5.26 Å². The number of hydrogen-bond donors (Lipinski definition) is 3. The molecule has 3 heterocycles. The normalized spacial score (nSPS) is 25.1. The molecule has 5 rings (SSSR count). The van der Waals surface area contributed by atoms with Gasteiger partial charge < -0.3 is 25.3 Å². The molecule has 2 aliphatic heterocycles. The Morgan fingerprint density at radius 1 is 1.29 bits per heavy atom. The summed E-state index contributed by atoms with van der Waals surface area (Å²) >= 11 is 0. The van der Waals surface area contributed by atoms with Gasteiger partial charge in [0.2, 0.25) is 11.8 Å². The summed E-state index contributed by atoms with van der Waals surface area (Å²) in [5, 5.41) is 16.0. The third-order valence-electron chi connectivity index (χ3n) is 7.42. The highest BCUT2D eigenvalue weighted by atomic mass is 16.5. The standard InChI is InChI=1S/C25H29N5O4/c1-34-22-4-2-3-19-18(22)11-20(29-19)25(33)30-13-16(14-5-6-14)10-21(30)24(32)28-17(12-26)9-15-7-8-27-23(15)31/h2-4,11,14-17,21,29H,5-10,13H2,1H3,(H,27,31)(H,28,32). The minimum absolute atomic E-state index is 0.0739. The highest BCUT2D eigenvalue weighted by Gasteiger charge is 2.46. The fourth-order valence-corrected chi connectivity index (χ4v) is 5.39. The maximum Gasteiger partial charge on any atom is 0.270 e. The number of benzene rings is 1. The van der Waals surface area contributed by atoms with E-state index in [-0.39, 0.29) is 36.0 Å². The number of nitrogens with zero attached hydrogens (tertiary/aromatic N) is 2. The highest BCUT2D eigenvalue weighted by molar-refractivity contribution is 6.01. The number of nitrogens with one attached hydrogen (secondary N) is 3. The van der Waals surface area contributed by atoms with Crippen LogP contribution in [-0.4, -0.2) is 59.9 Å². The maximum absolute atomic E-state index is 13.6. The molecule has 178 valence electrons. The number of aromatic amines is 1. The molecule has 2 aromatic rings. The van der Waals surface area contributed by atoms with E-state index in [0.29, 0.717) is 43.3 Å². The lowest BCUT2D eigenvalue weighted by atomic mass is 9.97. The number of carbonyl (C=O) groups excluding carboxylic acids is 3. The molecule has 4 atom stereocenters. The van der Waals surface area contributed by atoms with Gasteiger partial charge in [-0.1, -0.05) is 6.07 Å². The predicted octanol–water partition coefficient (Wildman–Crippen LogP) is 1.95. The monoisotopic (exact) mass is 463 g/mol. The van der Waals surface area contributed by atoms with Crippen LogP contribution in [0, 0.1) is 29.1 Å². The van der Waals surface area contributed by atoms with Crippen molar-refractivity contribution in [1.82, 2.24) is 20.5 Å². The van der Waals surface area contributed by atoms with Crippen molar-refractivity contribution in [2.45, 2.75) is 44.2 Å². The largest absolute Gasteiger partial charge is 0.496 e. The number of fused-ring (bicyclic) bond motifs is 1. The smallest absolute Gasteiger partial charge is 0.270 e. The highest BCUT2D eigenvalue weighted by Crippen LogP contribution is 2.43. The van der Waals surface area contributed by atoms with E-state index < -0.39 is 12.1 Å². The molecular formula is C25H29N5O4. The number of amides is 3. The molecule has 3 aliphatic rings. The predicted molar refractivity (Wildman–Crippen MR) is 124 cm³/mol. The second-order valence-electron chi connectivity index (χ2n) is 9.61. The summed E-state index contributed by atoms with van der Waals surface area (Å²) in [5.74, 6) is 0.596. The first kappa shape index (κ1) is 22.3. The van der Waals surface area contributed by atoms with Crippen molar-refractivity contribution in [3.63, 3.8) is 0 Å². The number of methoxy groups -OCH3 is 1. The van der Waals surface area contributed by atoms with Gasteiger partial charge >= 0.3 is 0 Å². The zero-order valence-electron chi connectivity index (χ0n) is 19.2. The van der Waals surface area contributed by atoms with E-state index in [9.17, 15) is 19.6 Å². The van der Waals surface area contributed by atoms with Gasteiger partial charge in [0.1, 0.15) is 23.5 Å². The van der Waals surface area contributed by atoms with Crippen molar-refractivity contribution in [3.8, 4) is 11.8 Å². The number of carbonyl (C=O) groups is 3. The fourth-order valence-electron chi connectivity index (χ4n) is 5.39. The molecule has 1 saturated carbocycles. The maximum atomic E-state index is 13.6. The molecule has 0 bridgehead atoms. The third-order valence-corrected chi connectivity index (χ3v) is 7.42. The quantitative estimate of drug-likeness (QED) is 0.578. The summed E-state index contributed by atoms with van der Waals surface area (Å²) in [4.78, 5) is 43.6. The number of nitriles is 1. The molecule has 2 saturated heterocycles. The molecular weight excluding hydrogens is 434 g/mol. The first-order valence-electron chi connectivity index (χ1n) is 11.9. The van der Waals surface area contributed by atoms with Gasteiger partial charge in [-0.3, -0.25) is 14.4 Å². The minimum Gasteiger partial charge on any atom is -0.496 e. The Kier molecular flexibility index (Phi) is 5.90. The molecule has 4 unspecified atom stereocenters. The first-order chi connectivity index (χ1) is 16.5. The van der Waals surface area contributed by atoms with Crippen LogP contribution in [0.3, 0.4) is 0 Å². The van der Waals surface area contributed by atoms with Crippen LogP contribution in [0.1, 0.15) is 42.6 Å². The zero-order chi connectivity index (χ0) is 23.8. The molecule has 9 nitrogen and oxygen atoms in total. The molecule has 1 aromatic carbocycles. The van der Waals surface area contributed by atoms with Crippen LogP contribution in [0.15, 0.2) is 24.3 Å². The van der Waals surface area contributed by atoms with Crippen LogP contribution in [-0.2, 0) is 9.59 Å². The second-order valence-corrected chi connectivity index (χ2v) is 9.61. The Bertz CT molecular complexity index is 1160. The van der Waals surface area contributed by atoms with E-state index in [1.54, 1.807) is 18.1 Å². The average molecular weight is 464 g/mol. The van der Waals surface area contributed by atoms with Gasteiger partial charge in [-0.2, -0.15) is 5.26 Å². The molecule has 0 spiro atoms. The van der Waals surface area contributed by atoms with Gasteiger partial charge in [-0.15, -0.1) is 0 Å². The topological polar surface area (TPSA) is 127 Å². The van der Waals surface area contributed by atoms with Crippen LogP contribution < -0.4 is 15.4 Å². The van der Waals surface area contributed by atoms with Gasteiger partial charge in [0.05, 0.1) is 13.2 Å². The Morgan fingerprint density at radius 3 is 2.79 bits per heavy atom. The van der Waals surface area contributed by atoms with E-state index in [1.807, 2.05) is 18.2 Å². The summed E-state index contributed by atoms with van der Waals surface area (Å²) in [6, 6.07) is 8.06. The molecule has 1 aliphatic carbocycles.